The van der Waals surface area contributed by atoms with E-state index in [9.17, 15) is 29.1 Å². The standard InChI is InChI=1S/C40H56O11/c1-22(2)30-26(49-34(46)51-30)20-48-33(45)40(8)27-10-13-39(7)31(37(27,5)12-11-28(40)50-29(42)21-47-9)25(41)18-23-24-19-36(4,32(43)44)15-14-35(24,3)16-17-38(23,39)6/h18,22,24,27-28,31H,10-17,19-21H2,1-9H3,(H,43,44)/t24-,27+,28-,31+,35+,36-,37-,38+,39-,40-/m0/s1. The zero-order chi connectivity index (χ0) is 37.5. The van der Waals surface area contributed by atoms with E-state index >= 15 is 0 Å². The van der Waals surface area contributed by atoms with Gasteiger partial charge < -0.3 is 28.2 Å². The molecule has 282 valence electrons. The van der Waals surface area contributed by atoms with Crippen molar-refractivity contribution in [3.05, 3.63) is 33.8 Å². The van der Waals surface area contributed by atoms with E-state index in [-0.39, 0.29) is 53.3 Å². The van der Waals surface area contributed by atoms with Gasteiger partial charge in [-0.25, -0.2) is 9.59 Å². The maximum Gasteiger partial charge on any atom is 0.519 e. The minimum absolute atomic E-state index is 0.00627. The first-order valence-electron chi connectivity index (χ1n) is 18.7. The van der Waals surface area contributed by atoms with Gasteiger partial charge in [0.15, 0.2) is 23.9 Å². The molecule has 5 aliphatic carbocycles. The number of carbonyl (C=O) groups excluding carboxylic acids is 3. The lowest BCUT2D eigenvalue weighted by atomic mass is 9.33. The molecule has 1 aromatic rings. The van der Waals surface area contributed by atoms with Gasteiger partial charge in [0.25, 0.3) is 0 Å². The van der Waals surface area contributed by atoms with Crippen LogP contribution in [0, 0.1) is 50.2 Å². The summed E-state index contributed by atoms with van der Waals surface area (Å²) in [6, 6.07) is 0. The Labute approximate surface area is 300 Å². The van der Waals surface area contributed by atoms with Crippen molar-refractivity contribution in [2.75, 3.05) is 13.7 Å². The highest BCUT2D eigenvalue weighted by Crippen LogP contribution is 2.75. The lowest BCUT2D eigenvalue weighted by Gasteiger charge is -2.70. The molecular weight excluding hydrogens is 656 g/mol. The highest BCUT2D eigenvalue weighted by atomic mass is 16.6. The van der Waals surface area contributed by atoms with Crippen molar-refractivity contribution in [3.8, 4) is 0 Å². The number of ether oxygens (including phenoxy) is 3. The third-order valence-corrected chi connectivity index (χ3v) is 15.2. The van der Waals surface area contributed by atoms with E-state index in [0.29, 0.717) is 44.3 Å². The second-order valence-corrected chi connectivity index (χ2v) is 18.3. The fraction of sp³-hybridized carbons (Fsp3) is 0.775. The van der Waals surface area contributed by atoms with Crippen LogP contribution in [0.1, 0.15) is 131 Å². The summed E-state index contributed by atoms with van der Waals surface area (Å²) in [6.07, 6.45) is 7.02. The van der Waals surface area contributed by atoms with E-state index in [1.165, 1.54) is 7.11 Å². The number of hydrogen-bond donors (Lipinski definition) is 1. The molecule has 0 unspecified atom stereocenters. The van der Waals surface area contributed by atoms with Crippen molar-refractivity contribution in [2.24, 2.45) is 50.2 Å². The van der Waals surface area contributed by atoms with Crippen LogP contribution in [0.2, 0.25) is 0 Å². The summed E-state index contributed by atoms with van der Waals surface area (Å²) in [5.74, 6) is -3.35. The lowest BCUT2D eigenvalue weighted by Crippen LogP contribution is -2.68. The van der Waals surface area contributed by atoms with Crippen molar-refractivity contribution in [2.45, 2.75) is 132 Å². The first-order chi connectivity index (χ1) is 23.7. The monoisotopic (exact) mass is 712 g/mol. The maximum absolute atomic E-state index is 14.8. The molecule has 0 spiro atoms. The molecule has 0 aliphatic heterocycles. The van der Waals surface area contributed by atoms with Gasteiger partial charge in [0.05, 0.1) is 5.41 Å². The van der Waals surface area contributed by atoms with Gasteiger partial charge in [-0.3, -0.25) is 14.4 Å². The molecule has 0 amide bonds. The minimum atomic E-state index is -1.33. The Bertz CT molecular complexity index is 1700. The lowest BCUT2D eigenvalue weighted by molar-refractivity contribution is -0.225. The Balaban J connectivity index is 1.39. The molecule has 10 atom stereocenters. The number of hydrogen-bond acceptors (Lipinski definition) is 10. The summed E-state index contributed by atoms with van der Waals surface area (Å²) < 4.78 is 27.4. The van der Waals surface area contributed by atoms with E-state index in [4.69, 9.17) is 23.0 Å². The molecule has 0 bridgehead atoms. The molecule has 4 fully saturated rings. The van der Waals surface area contributed by atoms with Gasteiger partial charge in [-0.1, -0.05) is 47.1 Å². The number of rotatable bonds is 8. The number of methoxy groups -OCH3 is 1. The van der Waals surface area contributed by atoms with E-state index < -0.39 is 57.4 Å². The van der Waals surface area contributed by atoms with Crippen molar-refractivity contribution in [1.29, 1.82) is 0 Å². The second-order valence-electron chi connectivity index (χ2n) is 18.3. The van der Waals surface area contributed by atoms with Gasteiger partial charge in [0, 0.05) is 18.9 Å². The Hall–Kier alpha value is -3.21. The van der Waals surface area contributed by atoms with Crippen molar-refractivity contribution in [1.82, 2.24) is 0 Å². The van der Waals surface area contributed by atoms with E-state index in [2.05, 4.69) is 27.7 Å². The van der Waals surface area contributed by atoms with Gasteiger partial charge in [-0.15, -0.1) is 0 Å². The first-order valence-corrected chi connectivity index (χ1v) is 18.7. The van der Waals surface area contributed by atoms with Gasteiger partial charge in [0.1, 0.15) is 18.1 Å². The fourth-order valence-corrected chi connectivity index (χ4v) is 12.0. The molecule has 0 saturated heterocycles. The molecule has 1 N–H and O–H groups in total. The average molecular weight is 713 g/mol. The van der Waals surface area contributed by atoms with Crippen LogP contribution in [0.5, 0.6) is 0 Å². The summed E-state index contributed by atoms with van der Waals surface area (Å²) in [5, 5.41) is 10.2. The van der Waals surface area contributed by atoms with Crippen LogP contribution < -0.4 is 5.82 Å². The Kier molecular flexibility index (Phi) is 9.16. The van der Waals surface area contributed by atoms with Crippen LogP contribution in [0.25, 0.3) is 0 Å². The van der Waals surface area contributed by atoms with Crippen LogP contribution >= 0.6 is 0 Å². The average Bonchev–Trinajstić information content (AvgIpc) is 3.43. The van der Waals surface area contributed by atoms with Crippen LogP contribution in [-0.2, 0) is 40.0 Å². The first kappa shape index (κ1) is 37.5. The molecule has 1 aromatic heterocycles. The van der Waals surface area contributed by atoms with E-state index in [1.54, 1.807) is 6.92 Å². The third kappa shape index (κ3) is 5.49. The van der Waals surface area contributed by atoms with Gasteiger partial charge in [-0.05, 0) is 111 Å². The van der Waals surface area contributed by atoms with Gasteiger partial charge >= 0.3 is 23.7 Å². The highest BCUT2D eigenvalue weighted by molar-refractivity contribution is 5.96. The molecular formula is C40H56O11. The number of aliphatic carboxylic acids is 1. The molecule has 5 aliphatic rings. The van der Waals surface area contributed by atoms with Crippen LogP contribution in [0.15, 0.2) is 25.3 Å². The largest absolute Gasteiger partial charge is 0.519 e. The SMILES string of the molecule is COCC(=O)O[C@H]1CC[C@@]2(C)[C@@H](CC[C@@]3(C)[C@@H]2C(=O)C=C2[C@@H]4C[C@@](C)(C(=O)O)CC[C@]4(C)CC[C@]23C)[C@]1(C)C(=O)OCc1oc(=O)oc1C(C)C. The quantitative estimate of drug-likeness (QED) is 0.277. The molecule has 0 aromatic carbocycles. The number of esters is 2. The predicted molar refractivity (Wildman–Crippen MR) is 184 cm³/mol. The van der Waals surface area contributed by atoms with Crippen molar-refractivity contribution in [3.63, 3.8) is 0 Å². The summed E-state index contributed by atoms with van der Waals surface area (Å²) >= 11 is 0. The topological polar surface area (TPSA) is 160 Å². The highest BCUT2D eigenvalue weighted by Gasteiger charge is 2.72. The van der Waals surface area contributed by atoms with Crippen LogP contribution in [0.3, 0.4) is 0 Å². The number of carbonyl (C=O) groups is 4. The number of allylic oxidation sites excluding steroid dienone is 2. The Morgan fingerprint density at radius 3 is 2.27 bits per heavy atom. The smallest absolute Gasteiger partial charge is 0.481 e. The molecule has 6 rings (SSSR count). The predicted octanol–water partition coefficient (Wildman–Crippen LogP) is 7.00. The van der Waals surface area contributed by atoms with Gasteiger partial charge in [-0.2, -0.15) is 0 Å². The van der Waals surface area contributed by atoms with Crippen LogP contribution in [0.4, 0.5) is 0 Å². The van der Waals surface area contributed by atoms with E-state index in [1.807, 2.05) is 26.8 Å². The zero-order valence-corrected chi connectivity index (χ0v) is 31.8. The number of carboxylic acid groups (broad SMARTS) is 1. The molecule has 0 radical (unpaired) electrons. The third-order valence-electron chi connectivity index (χ3n) is 15.2. The minimum Gasteiger partial charge on any atom is -0.481 e. The van der Waals surface area contributed by atoms with Crippen molar-refractivity contribution < 1.29 is 47.3 Å². The normalized spacial score (nSPS) is 41.8. The maximum atomic E-state index is 14.8. The molecule has 4 saturated carbocycles. The zero-order valence-electron chi connectivity index (χ0n) is 31.8. The molecule has 51 heavy (non-hydrogen) atoms. The van der Waals surface area contributed by atoms with Crippen LogP contribution in [-0.4, -0.2) is 48.6 Å². The molecule has 1 heterocycles. The number of carboxylic acids is 1. The fourth-order valence-electron chi connectivity index (χ4n) is 12.0. The Morgan fingerprint density at radius 1 is 0.941 bits per heavy atom. The summed E-state index contributed by atoms with van der Waals surface area (Å²) in [6.45, 7) is 15.7. The van der Waals surface area contributed by atoms with Gasteiger partial charge in [0.2, 0.25) is 0 Å². The molecule has 11 heteroatoms. The Morgan fingerprint density at radius 2 is 1.63 bits per heavy atom. The summed E-state index contributed by atoms with van der Waals surface area (Å²) in [5.41, 5.74) is -2.57. The van der Waals surface area contributed by atoms with Crippen molar-refractivity contribution >= 4 is 23.7 Å². The second kappa shape index (κ2) is 12.4. The number of ketones is 1. The number of fused-ring (bicyclic) bond motifs is 7. The molecule has 11 nitrogen and oxygen atoms in total. The summed E-state index contributed by atoms with van der Waals surface area (Å²) in [4.78, 5) is 66.7. The summed E-state index contributed by atoms with van der Waals surface area (Å²) in [7, 11) is 1.40. The van der Waals surface area contributed by atoms with E-state index in [0.717, 1.165) is 24.8 Å².